The summed E-state index contributed by atoms with van der Waals surface area (Å²) in [6.45, 7) is 0. The number of carboxylic acid groups (broad SMARTS) is 1. The summed E-state index contributed by atoms with van der Waals surface area (Å²) < 4.78 is 0. The molecule has 0 fully saturated rings. The van der Waals surface area contributed by atoms with Gasteiger partial charge in [-0.3, -0.25) is 4.79 Å². The van der Waals surface area contributed by atoms with Crippen molar-refractivity contribution in [3.05, 3.63) is 76.9 Å². The van der Waals surface area contributed by atoms with Crippen LogP contribution in [0.1, 0.15) is 31.8 Å². The van der Waals surface area contributed by atoms with E-state index in [1.165, 1.54) is 0 Å². The van der Waals surface area contributed by atoms with Gasteiger partial charge in [-0.15, -0.1) is 0 Å². The van der Waals surface area contributed by atoms with Crippen LogP contribution in [-0.4, -0.2) is 17.4 Å². The number of hydrogen-bond acceptors (Lipinski definition) is 2. The number of hydrogen-bond donors (Lipinski definition) is 1. The molecule has 0 heterocycles. The molecule has 0 saturated carbocycles. The van der Waals surface area contributed by atoms with Crippen LogP contribution in [0.25, 0.3) is 6.08 Å². The summed E-state index contributed by atoms with van der Waals surface area (Å²) in [4.78, 5) is 21.2. The van der Waals surface area contributed by atoms with Crippen LogP contribution >= 0.6 is 0 Å². The minimum absolute atomic E-state index is 0.258. The van der Waals surface area contributed by atoms with Crippen LogP contribution in [0.5, 0.6) is 0 Å². The van der Waals surface area contributed by atoms with Gasteiger partial charge in [0.2, 0.25) is 0 Å². The van der Waals surface area contributed by atoms with Crippen LogP contribution in [0.2, 0.25) is 0 Å². The molecule has 2 aromatic rings. The number of carbonyl (C=O) groups is 2. The zero-order valence-corrected chi connectivity index (χ0v) is 11.1. The molecule has 2 rings (SSSR count). The van der Waals surface area contributed by atoms with Gasteiger partial charge in [0.25, 0.3) is 0 Å². The second-order valence-electron chi connectivity index (χ2n) is 4.27. The maximum Gasteiger partial charge on any atom is 0.335 e. The monoisotopic (exact) mass is 276 g/mol. The van der Waals surface area contributed by atoms with Crippen LogP contribution in [0.3, 0.4) is 0 Å². The first-order valence-corrected chi connectivity index (χ1v) is 6.26. The summed E-state index contributed by atoms with van der Waals surface area (Å²) in [5, 5.41) is 8.79. The van der Waals surface area contributed by atoms with Crippen molar-refractivity contribution in [1.82, 2.24) is 0 Å². The fourth-order valence-corrected chi connectivity index (χ4v) is 1.64. The van der Waals surface area contributed by atoms with Gasteiger partial charge in [-0.2, -0.15) is 0 Å². The number of benzene rings is 2. The van der Waals surface area contributed by atoms with E-state index in [0.29, 0.717) is 5.56 Å². The van der Waals surface area contributed by atoms with Gasteiger partial charge in [0.1, 0.15) is 6.29 Å². The third-order valence-electron chi connectivity index (χ3n) is 2.78. The molecule has 0 atom stereocenters. The van der Waals surface area contributed by atoms with E-state index in [4.69, 9.17) is 5.11 Å². The van der Waals surface area contributed by atoms with E-state index in [2.05, 4.69) is 11.8 Å². The minimum Gasteiger partial charge on any atom is -0.478 e. The number of carbonyl (C=O) groups excluding carboxylic acids is 1. The molecular formula is C18H12O3. The summed E-state index contributed by atoms with van der Waals surface area (Å²) in [5.41, 5.74) is 2.58. The van der Waals surface area contributed by atoms with Crippen molar-refractivity contribution in [2.24, 2.45) is 0 Å². The van der Waals surface area contributed by atoms with Crippen LogP contribution < -0.4 is 0 Å². The normalized spacial score (nSPS) is 9.90. The van der Waals surface area contributed by atoms with Crippen LogP contribution in [0, 0.1) is 11.8 Å². The van der Waals surface area contributed by atoms with Gasteiger partial charge in [-0.05, 0) is 42.0 Å². The maximum atomic E-state index is 10.7. The highest BCUT2D eigenvalue weighted by atomic mass is 16.4. The Bertz CT molecular complexity index is 727. The zero-order chi connectivity index (χ0) is 15.1. The highest BCUT2D eigenvalue weighted by Crippen LogP contribution is 2.06. The van der Waals surface area contributed by atoms with Crippen molar-refractivity contribution in [1.29, 1.82) is 0 Å². The first-order chi connectivity index (χ1) is 10.2. The Morgan fingerprint density at radius 3 is 2.14 bits per heavy atom. The molecule has 0 aromatic heterocycles. The Kier molecular flexibility index (Phi) is 4.68. The average Bonchev–Trinajstić information content (AvgIpc) is 2.52. The van der Waals surface area contributed by atoms with Crippen molar-refractivity contribution in [2.45, 2.75) is 0 Å². The van der Waals surface area contributed by atoms with Crippen molar-refractivity contribution in [3.8, 4) is 11.8 Å². The van der Waals surface area contributed by atoms with Gasteiger partial charge in [0.15, 0.2) is 0 Å². The van der Waals surface area contributed by atoms with E-state index in [-0.39, 0.29) is 5.56 Å². The molecule has 0 aliphatic heterocycles. The molecule has 0 radical (unpaired) electrons. The van der Waals surface area contributed by atoms with Gasteiger partial charge < -0.3 is 5.11 Å². The SMILES string of the molecule is O=Cc1ccc(C#C/C=C/c2ccc(C(=O)O)cc2)cc1. The predicted octanol–water partition coefficient (Wildman–Crippen LogP) is 3.26. The average molecular weight is 276 g/mol. The Labute approximate surface area is 122 Å². The molecule has 0 amide bonds. The van der Waals surface area contributed by atoms with E-state index >= 15 is 0 Å². The van der Waals surface area contributed by atoms with Crippen molar-refractivity contribution < 1.29 is 14.7 Å². The fraction of sp³-hybridized carbons (Fsp3) is 0. The van der Waals surface area contributed by atoms with E-state index in [1.807, 2.05) is 0 Å². The molecule has 0 bridgehead atoms. The van der Waals surface area contributed by atoms with E-state index < -0.39 is 5.97 Å². The Morgan fingerprint density at radius 1 is 0.952 bits per heavy atom. The molecule has 0 spiro atoms. The van der Waals surface area contributed by atoms with Gasteiger partial charge in [-0.25, -0.2) is 4.79 Å². The molecule has 0 aliphatic rings. The predicted molar refractivity (Wildman–Crippen MR) is 81.1 cm³/mol. The van der Waals surface area contributed by atoms with Crippen molar-refractivity contribution in [3.63, 3.8) is 0 Å². The van der Waals surface area contributed by atoms with E-state index in [1.54, 1.807) is 60.7 Å². The lowest BCUT2D eigenvalue weighted by molar-refractivity contribution is 0.0696. The number of allylic oxidation sites excluding steroid dienone is 1. The Hall–Kier alpha value is -3.12. The Morgan fingerprint density at radius 2 is 1.57 bits per heavy atom. The van der Waals surface area contributed by atoms with Gasteiger partial charge in [-0.1, -0.05) is 36.1 Å². The van der Waals surface area contributed by atoms with Gasteiger partial charge in [0.05, 0.1) is 5.56 Å². The lowest BCUT2D eigenvalue weighted by atomic mass is 10.1. The quantitative estimate of drug-likeness (QED) is 0.691. The third-order valence-corrected chi connectivity index (χ3v) is 2.78. The lowest BCUT2D eigenvalue weighted by Crippen LogP contribution is -1.94. The topological polar surface area (TPSA) is 54.4 Å². The number of aldehydes is 1. The van der Waals surface area contributed by atoms with Crippen molar-refractivity contribution >= 4 is 18.3 Å². The highest BCUT2D eigenvalue weighted by molar-refractivity contribution is 5.87. The molecule has 3 nitrogen and oxygen atoms in total. The molecule has 3 heteroatoms. The molecule has 21 heavy (non-hydrogen) atoms. The maximum absolute atomic E-state index is 10.7. The summed E-state index contributed by atoms with van der Waals surface area (Å²) in [6.07, 6.45) is 4.29. The first-order valence-electron chi connectivity index (χ1n) is 6.26. The summed E-state index contributed by atoms with van der Waals surface area (Å²) in [7, 11) is 0. The van der Waals surface area contributed by atoms with Crippen LogP contribution in [0.15, 0.2) is 54.6 Å². The third kappa shape index (κ3) is 4.19. The Balaban J connectivity index is 2.03. The highest BCUT2D eigenvalue weighted by Gasteiger charge is 1.99. The fourth-order valence-electron chi connectivity index (χ4n) is 1.64. The number of rotatable bonds is 3. The minimum atomic E-state index is -0.941. The molecule has 1 N–H and O–H groups in total. The number of aromatic carboxylic acids is 1. The van der Waals surface area contributed by atoms with Gasteiger partial charge >= 0.3 is 5.97 Å². The lowest BCUT2D eigenvalue weighted by Gasteiger charge is -1.94. The summed E-state index contributed by atoms with van der Waals surface area (Å²) in [5.74, 6) is 4.90. The van der Waals surface area contributed by atoms with Crippen LogP contribution in [0.4, 0.5) is 0 Å². The molecule has 0 saturated heterocycles. The second-order valence-corrected chi connectivity index (χ2v) is 4.27. The second kappa shape index (κ2) is 6.88. The van der Waals surface area contributed by atoms with Crippen LogP contribution in [-0.2, 0) is 0 Å². The van der Waals surface area contributed by atoms with Crippen molar-refractivity contribution in [2.75, 3.05) is 0 Å². The smallest absolute Gasteiger partial charge is 0.335 e. The van der Waals surface area contributed by atoms with E-state index in [0.717, 1.165) is 17.4 Å². The molecule has 0 aliphatic carbocycles. The molecule has 102 valence electrons. The van der Waals surface area contributed by atoms with Gasteiger partial charge in [0, 0.05) is 11.1 Å². The standard InChI is InChI=1S/C18H12O3/c19-13-16-7-5-14(6-8-16)3-1-2-4-15-9-11-17(12-10-15)18(20)21/h2,4-13H,(H,20,21)/b4-2+. The zero-order valence-electron chi connectivity index (χ0n) is 11.1. The molecule has 0 unspecified atom stereocenters. The summed E-state index contributed by atoms with van der Waals surface area (Å²) >= 11 is 0. The molecular weight excluding hydrogens is 264 g/mol. The molecule has 2 aromatic carbocycles. The number of carboxylic acids is 1. The van der Waals surface area contributed by atoms with E-state index in [9.17, 15) is 9.59 Å². The first kappa shape index (κ1) is 14.3. The summed E-state index contributed by atoms with van der Waals surface area (Å²) in [6, 6.07) is 13.5. The largest absolute Gasteiger partial charge is 0.478 e.